The summed E-state index contributed by atoms with van der Waals surface area (Å²) >= 11 is 0. The Morgan fingerprint density at radius 1 is 1.19 bits per heavy atom. The summed E-state index contributed by atoms with van der Waals surface area (Å²) in [4.78, 5) is 22.0. The molecule has 0 radical (unpaired) electrons. The van der Waals surface area contributed by atoms with Gasteiger partial charge in [0.05, 0.1) is 7.11 Å². The molecular weight excluding hydrogens is 208 g/mol. The monoisotopic (exact) mass is 218 g/mol. The molecule has 82 valence electrons. The van der Waals surface area contributed by atoms with Crippen molar-refractivity contribution >= 4 is 11.9 Å². The molecule has 0 aliphatic carbocycles. The van der Waals surface area contributed by atoms with Crippen LogP contribution in [0, 0.1) is 0 Å². The Morgan fingerprint density at radius 2 is 1.88 bits per heavy atom. The highest BCUT2D eigenvalue weighted by Gasteiger charge is 2.23. The molecular formula is C12H10O4. The smallest absolute Gasteiger partial charge is 0.342 e. The van der Waals surface area contributed by atoms with E-state index in [0.717, 1.165) is 11.3 Å². The van der Waals surface area contributed by atoms with Gasteiger partial charge in [0.2, 0.25) is 0 Å². The van der Waals surface area contributed by atoms with Gasteiger partial charge in [-0.1, -0.05) is 12.1 Å². The van der Waals surface area contributed by atoms with Gasteiger partial charge in [-0.15, -0.1) is 0 Å². The third-order valence-corrected chi connectivity index (χ3v) is 2.30. The first kappa shape index (κ1) is 10.4. The van der Waals surface area contributed by atoms with Crippen molar-refractivity contribution in [2.45, 2.75) is 6.42 Å². The van der Waals surface area contributed by atoms with Crippen LogP contribution in [0.25, 0.3) is 0 Å². The molecule has 2 rings (SSSR count). The number of carbonyl (C=O) groups is 2. The minimum atomic E-state index is -0.589. The summed E-state index contributed by atoms with van der Waals surface area (Å²) in [6, 6.07) is 7.29. The summed E-state index contributed by atoms with van der Waals surface area (Å²) in [7, 11) is 1.59. The number of carbonyl (C=O) groups excluding carboxylic acids is 2. The molecule has 4 nitrogen and oxygen atoms in total. The first-order valence-corrected chi connectivity index (χ1v) is 4.78. The van der Waals surface area contributed by atoms with Crippen molar-refractivity contribution < 1.29 is 19.1 Å². The highest BCUT2D eigenvalue weighted by Crippen LogP contribution is 2.17. The summed E-state index contributed by atoms with van der Waals surface area (Å²) in [6.07, 6.45) is 1.63. The molecule has 1 aliphatic heterocycles. The predicted octanol–water partition coefficient (Wildman–Crippen LogP) is 1.25. The van der Waals surface area contributed by atoms with Crippen molar-refractivity contribution in [2.24, 2.45) is 0 Å². The molecule has 0 aromatic heterocycles. The molecule has 1 aromatic rings. The molecule has 0 unspecified atom stereocenters. The van der Waals surface area contributed by atoms with E-state index >= 15 is 0 Å². The van der Waals surface area contributed by atoms with Gasteiger partial charge in [0, 0.05) is 18.1 Å². The second-order valence-corrected chi connectivity index (χ2v) is 3.40. The van der Waals surface area contributed by atoms with Gasteiger partial charge in [-0.3, -0.25) is 0 Å². The topological polar surface area (TPSA) is 52.6 Å². The summed E-state index contributed by atoms with van der Waals surface area (Å²) in [6.45, 7) is 0. The number of benzene rings is 1. The third-order valence-electron chi connectivity index (χ3n) is 2.30. The fourth-order valence-electron chi connectivity index (χ4n) is 1.47. The van der Waals surface area contributed by atoms with Crippen LogP contribution in [0.1, 0.15) is 5.56 Å². The van der Waals surface area contributed by atoms with Crippen LogP contribution in [-0.4, -0.2) is 19.0 Å². The molecule has 0 N–H and O–H groups in total. The van der Waals surface area contributed by atoms with Crippen LogP contribution in [0.15, 0.2) is 35.9 Å². The van der Waals surface area contributed by atoms with E-state index in [2.05, 4.69) is 4.74 Å². The van der Waals surface area contributed by atoms with Crippen molar-refractivity contribution in [1.29, 1.82) is 0 Å². The molecule has 16 heavy (non-hydrogen) atoms. The third kappa shape index (κ3) is 2.11. The quantitative estimate of drug-likeness (QED) is 0.566. The van der Waals surface area contributed by atoms with Gasteiger partial charge in [-0.25, -0.2) is 9.59 Å². The van der Waals surface area contributed by atoms with Crippen LogP contribution in [0.2, 0.25) is 0 Å². The average molecular weight is 218 g/mol. The Bertz CT molecular complexity index is 456. The van der Waals surface area contributed by atoms with Crippen LogP contribution < -0.4 is 4.74 Å². The largest absolute Gasteiger partial charge is 0.497 e. The minimum Gasteiger partial charge on any atom is -0.497 e. The predicted molar refractivity (Wildman–Crippen MR) is 55.9 cm³/mol. The Balaban J connectivity index is 2.12. The van der Waals surface area contributed by atoms with E-state index in [1.807, 2.05) is 12.1 Å². The van der Waals surface area contributed by atoms with E-state index in [4.69, 9.17) is 4.74 Å². The van der Waals surface area contributed by atoms with E-state index in [1.54, 1.807) is 19.2 Å². The Labute approximate surface area is 92.5 Å². The van der Waals surface area contributed by atoms with Crippen molar-refractivity contribution in [3.63, 3.8) is 0 Å². The standard InChI is InChI=1S/C12H10O4/c1-15-10-4-2-8(3-5-10)6-9-7-11(13)16-12(9)14/h2-5,7H,6H2,1H3. The number of cyclic esters (lactones) is 2. The van der Waals surface area contributed by atoms with Gasteiger partial charge in [-0.05, 0) is 17.7 Å². The lowest BCUT2D eigenvalue weighted by Gasteiger charge is -2.02. The summed E-state index contributed by atoms with van der Waals surface area (Å²) < 4.78 is 9.41. The Morgan fingerprint density at radius 3 is 2.38 bits per heavy atom. The summed E-state index contributed by atoms with van der Waals surface area (Å²) in [5.41, 5.74) is 1.31. The lowest BCUT2D eigenvalue weighted by atomic mass is 10.1. The minimum absolute atomic E-state index is 0.384. The van der Waals surface area contributed by atoms with Gasteiger partial charge < -0.3 is 9.47 Å². The highest BCUT2D eigenvalue weighted by molar-refractivity contribution is 6.09. The van der Waals surface area contributed by atoms with E-state index in [-0.39, 0.29) is 0 Å². The lowest BCUT2D eigenvalue weighted by molar-refractivity contribution is -0.150. The van der Waals surface area contributed by atoms with Crippen LogP contribution in [-0.2, 0) is 20.7 Å². The van der Waals surface area contributed by atoms with Crippen molar-refractivity contribution in [1.82, 2.24) is 0 Å². The zero-order valence-corrected chi connectivity index (χ0v) is 8.73. The zero-order valence-electron chi connectivity index (χ0n) is 8.73. The molecule has 0 amide bonds. The molecule has 4 heteroatoms. The van der Waals surface area contributed by atoms with E-state index in [0.29, 0.717) is 12.0 Å². The molecule has 0 bridgehead atoms. The summed E-state index contributed by atoms with van der Waals surface area (Å²) in [5.74, 6) is -0.392. The second-order valence-electron chi connectivity index (χ2n) is 3.40. The molecule has 0 saturated carbocycles. The number of hydrogen-bond donors (Lipinski definition) is 0. The molecule has 1 aromatic carbocycles. The van der Waals surface area contributed by atoms with E-state index in [9.17, 15) is 9.59 Å². The second kappa shape index (κ2) is 4.18. The highest BCUT2D eigenvalue weighted by atomic mass is 16.6. The van der Waals surface area contributed by atoms with Crippen LogP contribution in [0.5, 0.6) is 5.75 Å². The fraction of sp³-hybridized carbons (Fsp3) is 0.167. The van der Waals surface area contributed by atoms with Crippen molar-refractivity contribution in [3.8, 4) is 5.75 Å². The number of rotatable bonds is 3. The molecule has 0 saturated heterocycles. The first-order chi connectivity index (χ1) is 7.69. The molecule has 0 spiro atoms. The maximum absolute atomic E-state index is 11.2. The molecule has 0 atom stereocenters. The summed E-state index contributed by atoms with van der Waals surface area (Å²) in [5, 5.41) is 0. The maximum atomic E-state index is 11.2. The normalized spacial score (nSPS) is 14.7. The SMILES string of the molecule is COc1ccc(CC2=CC(=O)OC2=O)cc1. The number of methoxy groups -OCH3 is 1. The number of hydrogen-bond acceptors (Lipinski definition) is 4. The van der Waals surface area contributed by atoms with Gasteiger partial charge in [-0.2, -0.15) is 0 Å². The van der Waals surface area contributed by atoms with Crippen LogP contribution in [0.3, 0.4) is 0 Å². The van der Waals surface area contributed by atoms with Crippen molar-refractivity contribution in [2.75, 3.05) is 7.11 Å². The Hall–Kier alpha value is -2.10. The van der Waals surface area contributed by atoms with Crippen LogP contribution >= 0.6 is 0 Å². The van der Waals surface area contributed by atoms with Gasteiger partial charge in [0.25, 0.3) is 0 Å². The zero-order chi connectivity index (χ0) is 11.5. The van der Waals surface area contributed by atoms with Gasteiger partial charge in [0.1, 0.15) is 5.75 Å². The van der Waals surface area contributed by atoms with Crippen molar-refractivity contribution in [3.05, 3.63) is 41.5 Å². The van der Waals surface area contributed by atoms with E-state index < -0.39 is 11.9 Å². The maximum Gasteiger partial charge on any atom is 0.342 e. The fourth-order valence-corrected chi connectivity index (χ4v) is 1.47. The molecule has 1 heterocycles. The Kier molecular flexibility index (Phi) is 2.72. The van der Waals surface area contributed by atoms with Gasteiger partial charge in [0.15, 0.2) is 0 Å². The van der Waals surface area contributed by atoms with Gasteiger partial charge >= 0.3 is 11.9 Å². The number of ether oxygens (including phenoxy) is 2. The average Bonchev–Trinajstić information content (AvgIpc) is 2.59. The van der Waals surface area contributed by atoms with E-state index in [1.165, 1.54) is 6.08 Å². The number of esters is 2. The molecule has 1 aliphatic rings. The lowest BCUT2D eigenvalue weighted by Crippen LogP contribution is -2.03. The first-order valence-electron chi connectivity index (χ1n) is 4.78. The van der Waals surface area contributed by atoms with Crippen LogP contribution in [0.4, 0.5) is 0 Å². The molecule has 0 fully saturated rings.